The SMILES string of the molecule is CCOC(=O)c1cc(Cl)n(C(c2ccccc2)(c2ccccc2)c2ccccc2)n1. The van der Waals surface area contributed by atoms with Crippen LogP contribution in [0.5, 0.6) is 0 Å². The van der Waals surface area contributed by atoms with Gasteiger partial charge in [-0.15, -0.1) is 0 Å². The maximum atomic E-state index is 12.4. The van der Waals surface area contributed by atoms with E-state index in [2.05, 4.69) is 5.10 Å². The van der Waals surface area contributed by atoms with Crippen molar-refractivity contribution in [1.82, 2.24) is 9.78 Å². The molecule has 1 aromatic heterocycles. The molecule has 0 spiro atoms. The zero-order valence-electron chi connectivity index (χ0n) is 16.5. The summed E-state index contributed by atoms with van der Waals surface area (Å²) in [6, 6.07) is 31.6. The molecule has 4 nitrogen and oxygen atoms in total. The molecule has 1 heterocycles. The fourth-order valence-corrected chi connectivity index (χ4v) is 4.07. The monoisotopic (exact) mass is 416 g/mol. The third-order valence-electron chi connectivity index (χ3n) is 5.04. The van der Waals surface area contributed by atoms with E-state index in [0.29, 0.717) is 5.15 Å². The number of aromatic nitrogens is 2. The standard InChI is InChI=1S/C25H21ClN2O2/c1-2-30-24(29)22-18-23(26)28(27-22)25(19-12-6-3-7-13-19,20-14-8-4-9-15-20)21-16-10-5-11-17-21/h3-18H,2H2,1H3. The lowest BCUT2D eigenvalue weighted by Gasteiger charge is -2.36. The van der Waals surface area contributed by atoms with E-state index in [1.54, 1.807) is 17.7 Å². The topological polar surface area (TPSA) is 44.1 Å². The van der Waals surface area contributed by atoms with Crippen LogP contribution in [-0.2, 0) is 10.3 Å². The van der Waals surface area contributed by atoms with Gasteiger partial charge in [0.2, 0.25) is 0 Å². The molecule has 0 atom stereocenters. The third-order valence-corrected chi connectivity index (χ3v) is 5.31. The summed E-state index contributed by atoms with van der Waals surface area (Å²) in [5.74, 6) is -0.499. The van der Waals surface area contributed by atoms with Crippen molar-refractivity contribution < 1.29 is 9.53 Å². The second kappa shape index (κ2) is 8.56. The Labute approximate surface area is 180 Å². The lowest BCUT2D eigenvalue weighted by Crippen LogP contribution is -2.39. The van der Waals surface area contributed by atoms with E-state index < -0.39 is 11.5 Å². The van der Waals surface area contributed by atoms with E-state index in [4.69, 9.17) is 16.3 Å². The normalized spacial score (nSPS) is 11.3. The van der Waals surface area contributed by atoms with Gasteiger partial charge in [0.1, 0.15) is 10.7 Å². The Hall–Kier alpha value is -3.37. The van der Waals surface area contributed by atoms with Crippen molar-refractivity contribution >= 4 is 17.6 Å². The predicted molar refractivity (Wildman–Crippen MR) is 118 cm³/mol. The Bertz CT molecular complexity index is 1030. The number of rotatable bonds is 6. The van der Waals surface area contributed by atoms with Crippen LogP contribution in [-0.4, -0.2) is 22.4 Å². The van der Waals surface area contributed by atoms with Gasteiger partial charge in [-0.05, 0) is 23.6 Å². The lowest BCUT2D eigenvalue weighted by molar-refractivity contribution is 0.0518. The summed E-state index contributed by atoms with van der Waals surface area (Å²) in [4.78, 5) is 12.4. The summed E-state index contributed by atoms with van der Waals surface area (Å²) in [6.45, 7) is 2.03. The highest BCUT2D eigenvalue weighted by molar-refractivity contribution is 6.30. The minimum atomic E-state index is -0.869. The van der Waals surface area contributed by atoms with E-state index in [1.165, 1.54) is 0 Å². The molecule has 4 aromatic rings. The molecule has 30 heavy (non-hydrogen) atoms. The Morgan fingerprint density at radius 1 is 0.867 bits per heavy atom. The molecule has 0 bridgehead atoms. The van der Waals surface area contributed by atoms with Crippen LogP contribution in [0.2, 0.25) is 5.15 Å². The number of ether oxygens (including phenoxy) is 1. The fourth-order valence-electron chi connectivity index (χ4n) is 3.80. The zero-order valence-corrected chi connectivity index (χ0v) is 17.3. The fraction of sp³-hybridized carbons (Fsp3) is 0.120. The molecule has 5 heteroatoms. The van der Waals surface area contributed by atoms with Crippen molar-refractivity contribution in [2.75, 3.05) is 6.61 Å². The predicted octanol–water partition coefficient (Wildman–Crippen LogP) is 5.55. The molecular weight excluding hydrogens is 396 g/mol. The number of esters is 1. The van der Waals surface area contributed by atoms with Gasteiger partial charge in [-0.3, -0.25) is 0 Å². The van der Waals surface area contributed by atoms with E-state index in [-0.39, 0.29) is 12.3 Å². The Morgan fingerprint density at radius 2 is 1.30 bits per heavy atom. The molecule has 0 aliphatic carbocycles. The third kappa shape index (κ3) is 3.40. The van der Waals surface area contributed by atoms with Crippen molar-refractivity contribution in [1.29, 1.82) is 0 Å². The first-order chi connectivity index (χ1) is 14.7. The van der Waals surface area contributed by atoms with Crippen LogP contribution in [0.15, 0.2) is 97.1 Å². The van der Waals surface area contributed by atoms with E-state index in [1.807, 2.05) is 91.0 Å². The number of halogens is 1. The maximum absolute atomic E-state index is 12.4. The van der Waals surface area contributed by atoms with Gasteiger partial charge < -0.3 is 4.74 Å². The summed E-state index contributed by atoms with van der Waals surface area (Å²) in [5, 5.41) is 4.98. The molecule has 3 aromatic carbocycles. The van der Waals surface area contributed by atoms with Crippen LogP contribution in [0.1, 0.15) is 34.1 Å². The molecule has 0 aliphatic rings. The molecule has 4 rings (SSSR count). The van der Waals surface area contributed by atoms with Crippen LogP contribution < -0.4 is 0 Å². The molecule has 0 saturated heterocycles. The smallest absolute Gasteiger partial charge is 0.358 e. The van der Waals surface area contributed by atoms with Gasteiger partial charge in [0.15, 0.2) is 5.69 Å². The first-order valence-corrected chi connectivity index (χ1v) is 10.2. The average molecular weight is 417 g/mol. The molecule has 0 saturated carbocycles. The first-order valence-electron chi connectivity index (χ1n) is 9.77. The Morgan fingerprint density at radius 3 is 1.70 bits per heavy atom. The lowest BCUT2D eigenvalue weighted by atomic mass is 9.77. The minimum Gasteiger partial charge on any atom is -0.461 e. The molecular formula is C25H21ClN2O2. The van der Waals surface area contributed by atoms with Crippen molar-refractivity contribution in [3.05, 3.63) is 125 Å². The van der Waals surface area contributed by atoms with E-state index in [9.17, 15) is 4.79 Å². The molecule has 0 aliphatic heterocycles. The van der Waals surface area contributed by atoms with Crippen molar-refractivity contribution in [3.63, 3.8) is 0 Å². The molecule has 0 unspecified atom stereocenters. The van der Waals surface area contributed by atoms with Crippen molar-refractivity contribution in [3.8, 4) is 0 Å². The quantitative estimate of drug-likeness (QED) is 0.305. The second-order valence-corrected chi connectivity index (χ2v) is 7.18. The van der Waals surface area contributed by atoms with Crippen LogP contribution in [0.3, 0.4) is 0 Å². The Kier molecular flexibility index (Phi) is 5.68. The number of carbonyl (C=O) groups is 1. The van der Waals surface area contributed by atoms with Gasteiger partial charge in [-0.25, -0.2) is 9.48 Å². The average Bonchev–Trinajstić information content (AvgIpc) is 3.19. The van der Waals surface area contributed by atoms with Gasteiger partial charge >= 0.3 is 5.97 Å². The van der Waals surface area contributed by atoms with Crippen molar-refractivity contribution in [2.24, 2.45) is 0 Å². The first kappa shape index (κ1) is 19.9. The Balaban J connectivity index is 2.08. The highest BCUT2D eigenvalue weighted by atomic mass is 35.5. The van der Waals surface area contributed by atoms with Gasteiger partial charge in [0, 0.05) is 6.07 Å². The number of benzene rings is 3. The van der Waals surface area contributed by atoms with E-state index in [0.717, 1.165) is 16.7 Å². The van der Waals surface area contributed by atoms with Crippen LogP contribution >= 0.6 is 11.6 Å². The number of nitrogens with zero attached hydrogens (tertiary/aromatic N) is 2. The van der Waals surface area contributed by atoms with Gasteiger partial charge in [-0.1, -0.05) is 103 Å². The van der Waals surface area contributed by atoms with Crippen LogP contribution in [0.25, 0.3) is 0 Å². The molecule has 0 fully saturated rings. The molecule has 0 amide bonds. The second-order valence-electron chi connectivity index (χ2n) is 6.79. The van der Waals surface area contributed by atoms with Gasteiger partial charge in [-0.2, -0.15) is 5.10 Å². The molecule has 150 valence electrons. The summed E-state index contributed by atoms with van der Waals surface area (Å²) in [5.41, 5.74) is 2.23. The van der Waals surface area contributed by atoms with Crippen molar-refractivity contribution in [2.45, 2.75) is 12.5 Å². The van der Waals surface area contributed by atoms with E-state index >= 15 is 0 Å². The zero-order chi connectivity index (χ0) is 21.0. The van der Waals surface area contributed by atoms with Crippen LogP contribution in [0.4, 0.5) is 0 Å². The van der Waals surface area contributed by atoms with Gasteiger partial charge in [0.25, 0.3) is 0 Å². The number of hydrogen-bond acceptors (Lipinski definition) is 3. The number of hydrogen-bond donors (Lipinski definition) is 0. The highest BCUT2D eigenvalue weighted by Crippen LogP contribution is 2.42. The minimum absolute atomic E-state index is 0.175. The highest BCUT2D eigenvalue weighted by Gasteiger charge is 2.41. The summed E-state index contributed by atoms with van der Waals surface area (Å²) < 4.78 is 6.86. The van der Waals surface area contributed by atoms with Gasteiger partial charge in [0.05, 0.1) is 6.61 Å². The van der Waals surface area contributed by atoms with Crippen LogP contribution in [0, 0.1) is 0 Å². The number of carbonyl (C=O) groups excluding carboxylic acids is 1. The summed E-state index contributed by atoms with van der Waals surface area (Å²) in [6.07, 6.45) is 0. The maximum Gasteiger partial charge on any atom is 0.358 e. The largest absolute Gasteiger partial charge is 0.461 e. The summed E-state index contributed by atoms with van der Waals surface area (Å²) >= 11 is 6.72. The molecule has 0 N–H and O–H groups in total. The molecule has 0 radical (unpaired) electrons. The summed E-state index contributed by atoms with van der Waals surface area (Å²) in [7, 11) is 0.